The molecule has 1 saturated carbocycles. The Kier molecular flexibility index (Phi) is 5.99. The maximum atomic E-state index is 13.0. The van der Waals surface area contributed by atoms with Crippen LogP contribution in [0, 0.1) is 20.8 Å². The molecule has 0 spiro atoms. The third-order valence-electron chi connectivity index (χ3n) is 5.83. The number of carbonyl (C=O) groups is 2. The van der Waals surface area contributed by atoms with E-state index < -0.39 is 0 Å². The first-order valence-electron chi connectivity index (χ1n) is 10.9. The molecule has 0 aliphatic heterocycles. The van der Waals surface area contributed by atoms with E-state index in [1.165, 1.54) is 0 Å². The van der Waals surface area contributed by atoms with Gasteiger partial charge in [0.05, 0.1) is 11.4 Å². The van der Waals surface area contributed by atoms with Gasteiger partial charge in [0.25, 0.3) is 5.91 Å². The largest absolute Gasteiger partial charge is 0.337 e. The highest BCUT2D eigenvalue weighted by Gasteiger charge is 2.23. The molecule has 32 heavy (non-hydrogen) atoms. The number of aryl methyl sites for hydroxylation is 2. The van der Waals surface area contributed by atoms with E-state index >= 15 is 0 Å². The molecule has 1 aromatic heterocycles. The Hall–Kier alpha value is -3.61. The Morgan fingerprint density at radius 1 is 1.06 bits per heavy atom. The van der Waals surface area contributed by atoms with Crippen LogP contribution in [0.1, 0.15) is 45.7 Å². The van der Waals surface area contributed by atoms with Crippen molar-refractivity contribution in [1.29, 1.82) is 0 Å². The highest BCUT2D eigenvalue weighted by Crippen LogP contribution is 2.22. The van der Waals surface area contributed by atoms with Gasteiger partial charge in [0.15, 0.2) is 0 Å². The number of nitrogens with one attached hydrogen (secondary N) is 2. The zero-order valence-corrected chi connectivity index (χ0v) is 19.0. The highest BCUT2D eigenvalue weighted by atomic mass is 16.2. The fourth-order valence-electron chi connectivity index (χ4n) is 3.75. The van der Waals surface area contributed by atoms with Crippen molar-refractivity contribution >= 4 is 17.6 Å². The average Bonchev–Trinajstić information content (AvgIpc) is 3.54. The normalized spacial score (nSPS) is 13.0. The number of para-hydroxylation sites is 1. The summed E-state index contributed by atoms with van der Waals surface area (Å²) >= 11 is 0. The van der Waals surface area contributed by atoms with Gasteiger partial charge in [-0.15, -0.1) is 0 Å². The van der Waals surface area contributed by atoms with Crippen molar-refractivity contribution in [2.24, 2.45) is 0 Å². The number of amides is 3. The van der Waals surface area contributed by atoms with Crippen LogP contribution < -0.4 is 10.6 Å². The van der Waals surface area contributed by atoms with Crippen molar-refractivity contribution in [3.05, 3.63) is 76.6 Å². The summed E-state index contributed by atoms with van der Waals surface area (Å²) in [6.07, 6.45) is 2.08. The van der Waals surface area contributed by atoms with Crippen molar-refractivity contribution < 1.29 is 9.59 Å². The van der Waals surface area contributed by atoms with Gasteiger partial charge in [-0.25, -0.2) is 9.48 Å². The summed E-state index contributed by atoms with van der Waals surface area (Å²) in [5, 5.41) is 10.4. The van der Waals surface area contributed by atoms with E-state index in [1.807, 2.05) is 36.7 Å². The molecular formula is C25H29N5O2. The van der Waals surface area contributed by atoms with Gasteiger partial charge in [0, 0.05) is 42.1 Å². The predicted molar refractivity (Wildman–Crippen MR) is 125 cm³/mol. The Morgan fingerprint density at radius 2 is 1.75 bits per heavy atom. The van der Waals surface area contributed by atoms with Crippen LogP contribution in [0.15, 0.2) is 48.5 Å². The molecule has 0 saturated heterocycles. The summed E-state index contributed by atoms with van der Waals surface area (Å²) in [6.45, 7) is 6.54. The van der Waals surface area contributed by atoms with Crippen LogP contribution in [0.3, 0.4) is 0 Å². The third-order valence-corrected chi connectivity index (χ3v) is 5.83. The number of nitrogens with zero attached hydrogens (tertiary/aromatic N) is 3. The summed E-state index contributed by atoms with van der Waals surface area (Å²) in [4.78, 5) is 26.6. The van der Waals surface area contributed by atoms with Crippen molar-refractivity contribution in [3.8, 4) is 5.69 Å². The minimum absolute atomic E-state index is 0.0820. The molecule has 7 heteroatoms. The number of hydrogen-bond donors (Lipinski definition) is 2. The Labute approximate surface area is 188 Å². The standard InChI is InChI=1S/C25H29N5O2/c1-16-7-5-6-8-23(16)30-18(3)22(17(2)28-30)15-29(4)24(31)19-9-11-20(12-10-19)26-25(32)27-21-13-14-21/h5-12,21H,13-15H2,1-4H3,(H2,26,27,32). The molecule has 1 heterocycles. The number of aromatic nitrogens is 2. The molecule has 3 amide bonds. The van der Waals surface area contributed by atoms with Gasteiger partial charge in [-0.05, 0) is 69.5 Å². The van der Waals surface area contributed by atoms with E-state index in [0.29, 0.717) is 23.8 Å². The second-order valence-corrected chi connectivity index (χ2v) is 8.46. The van der Waals surface area contributed by atoms with Gasteiger partial charge in [0.1, 0.15) is 0 Å². The molecule has 0 unspecified atom stereocenters. The van der Waals surface area contributed by atoms with E-state index in [-0.39, 0.29) is 11.9 Å². The number of carbonyl (C=O) groups excluding carboxylic acids is 2. The fraction of sp³-hybridized carbons (Fsp3) is 0.320. The van der Waals surface area contributed by atoms with Gasteiger partial charge < -0.3 is 15.5 Å². The second kappa shape index (κ2) is 8.86. The molecule has 1 fully saturated rings. The summed E-state index contributed by atoms with van der Waals surface area (Å²) in [5.74, 6) is -0.0820. The number of rotatable bonds is 6. The molecule has 0 atom stereocenters. The SMILES string of the molecule is Cc1ccccc1-n1nc(C)c(CN(C)C(=O)c2ccc(NC(=O)NC3CC3)cc2)c1C. The van der Waals surface area contributed by atoms with Crippen molar-refractivity contribution in [2.75, 3.05) is 12.4 Å². The molecule has 0 bridgehead atoms. The van der Waals surface area contributed by atoms with E-state index in [4.69, 9.17) is 5.10 Å². The Morgan fingerprint density at radius 3 is 2.41 bits per heavy atom. The van der Waals surface area contributed by atoms with Crippen LogP contribution in [0.4, 0.5) is 10.5 Å². The predicted octanol–water partition coefficient (Wildman–Crippen LogP) is 4.35. The summed E-state index contributed by atoms with van der Waals surface area (Å²) < 4.78 is 1.95. The molecule has 3 aromatic rings. The zero-order valence-electron chi connectivity index (χ0n) is 19.0. The molecule has 0 radical (unpaired) electrons. The van der Waals surface area contributed by atoms with Crippen LogP contribution in [0.5, 0.6) is 0 Å². The lowest BCUT2D eigenvalue weighted by Gasteiger charge is -2.18. The smallest absolute Gasteiger partial charge is 0.319 e. The van der Waals surface area contributed by atoms with Crippen LogP contribution in [0.25, 0.3) is 5.69 Å². The third kappa shape index (κ3) is 4.66. The first-order chi connectivity index (χ1) is 15.3. The zero-order chi connectivity index (χ0) is 22.8. The van der Waals surface area contributed by atoms with E-state index in [9.17, 15) is 9.59 Å². The second-order valence-electron chi connectivity index (χ2n) is 8.46. The Bertz CT molecular complexity index is 1150. The quantitative estimate of drug-likeness (QED) is 0.609. The van der Waals surface area contributed by atoms with Crippen LogP contribution in [-0.2, 0) is 6.54 Å². The molecule has 1 aliphatic rings. The maximum absolute atomic E-state index is 13.0. The van der Waals surface area contributed by atoms with Crippen LogP contribution in [0.2, 0.25) is 0 Å². The lowest BCUT2D eigenvalue weighted by Crippen LogP contribution is -2.30. The monoisotopic (exact) mass is 431 g/mol. The van der Waals surface area contributed by atoms with E-state index in [0.717, 1.165) is 41.0 Å². The van der Waals surface area contributed by atoms with Gasteiger partial charge >= 0.3 is 6.03 Å². The van der Waals surface area contributed by atoms with Crippen molar-refractivity contribution in [3.63, 3.8) is 0 Å². The molecule has 2 N–H and O–H groups in total. The first kappa shape index (κ1) is 21.6. The first-order valence-corrected chi connectivity index (χ1v) is 10.9. The topological polar surface area (TPSA) is 79.3 Å². The van der Waals surface area contributed by atoms with Crippen molar-refractivity contribution in [2.45, 2.75) is 46.2 Å². The van der Waals surface area contributed by atoms with Gasteiger partial charge in [-0.3, -0.25) is 4.79 Å². The van der Waals surface area contributed by atoms with Crippen LogP contribution >= 0.6 is 0 Å². The van der Waals surface area contributed by atoms with Gasteiger partial charge in [0.2, 0.25) is 0 Å². The van der Waals surface area contributed by atoms with Crippen LogP contribution in [-0.4, -0.2) is 39.7 Å². The minimum atomic E-state index is -0.208. The minimum Gasteiger partial charge on any atom is -0.337 e. The molecule has 166 valence electrons. The number of hydrogen-bond acceptors (Lipinski definition) is 3. The molecule has 7 nitrogen and oxygen atoms in total. The summed E-state index contributed by atoms with van der Waals surface area (Å²) in [6, 6.07) is 15.2. The average molecular weight is 432 g/mol. The number of anilines is 1. The lowest BCUT2D eigenvalue weighted by molar-refractivity contribution is 0.0784. The number of urea groups is 1. The van der Waals surface area contributed by atoms with E-state index in [2.05, 4.69) is 23.6 Å². The molecule has 1 aliphatic carbocycles. The van der Waals surface area contributed by atoms with Gasteiger partial charge in [-0.2, -0.15) is 5.10 Å². The summed E-state index contributed by atoms with van der Waals surface area (Å²) in [7, 11) is 1.79. The summed E-state index contributed by atoms with van der Waals surface area (Å²) in [5.41, 5.74) is 6.40. The van der Waals surface area contributed by atoms with Gasteiger partial charge in [-0.1, -0.05) is 18.2 Å². The van der Waals surface area contributed by atoms with E-state index in [1.54, 1.807) is 36.2 Å². The highest BCUT2D eigenvalue weighted by molar-refractivity contribution is 5.95. The molecular weight excluding hydrogens is 402 g/mol. The lowest BCUT2D eigenvalue weighted by atomic mass is 10.1. The maximum Gasteiger partial charge on any atom is 0.319 e. The number of benzene rings is 2. The Balaban J connectivity index is 1.44. The fourth-order valence-corrected chi connectivity index (χ4v) is 3.75. The molecule has 2 aromatic carbocycles. The molecule has 4 rings (SSSR count). The van der Waals surface area contributed by atoms with Crippen molar-refractivity contribution in [1.82, 2.24) is 20.0 Å².